The first-order chi connectivity index (χ1) is 24.6. The standard InChI is InChI=1S/C46H29N3O/c1-27(2)28-16-18-30(19-17-28)44-47-45-33-11-5-10-31(22-33)34-23-35(25-36(24-34)38-13-6-9-29-8-3-4-12-37(29)38)32-20-21-41-40(26-32)43-39(46(48-44)49-45)14-7-15-42(43)50-41/h3-26H,1H2,2H3. The van der Waals surface area contributed by atoms with Crippen molar-refractivity contribution in [2.45, 2.75) is 6.92 Å². The SMILES string of the molecule is C=C(C)c1ccc(-c2nc3nc(n2)c2cccc4oc5ccc(cc5c42)c2cc(-c4cccc5ccccc45)cc(c2)c2cccc3c2)cc1. The van der Waals surface area contributed by atoms with Gasteiger partial charge in [-0.2, -0.15) is 0 Å². The van der Waals surface area contributed by atoms with Crippen molar-refractivity contribution in [2.24, 2.45) is 0 Å². The third-order valence-corrected chi connectivity index (χ3v) is 9.83. The lowest BCUT2D eigenvalue weighted by molar-refractivity contribution is 0.669. The van der Waals surface area contributed by atoms with Gasteiger partial charge in [0.15, 0.2) is 17.1 Å². The molecular formula is C46H29N3O. The number of fused-ring (bicyclic) bond motifs is 12. The number of hydrogen-bond donors (Lipinski definition) is 0. The van der Waals surface area contributed by atoms with Gasteiger partial charge in [-0.25, -0.2) is 15.0 Å². The average Bonchev–Trinajstić information content (AvgIpc) is 3.55. The Labute approximate surface area is 287 Å². The largest absolute Gasteiger partial charge is 0.456 e. The molecule has 10 rings (SSSR count). The number of rotatable bonds is 3. The van der Waals surface area contributed by atoms with Crippen molar-refractivity contribution >= 4 is 81.9 Å². The van der Waals surface area contributed by atoms with Crippen molar-refractivity contribution in [3.63, 3.8) is 0 Å². The number of allylic oxidation sites excluding steroid dienone is 1. The van der Waals surface area contributed by atoms with Crippen LogP contribution in [0.1, 0.15) is 12.5 Å². The van der Waals surface area contributed by atoms with E-state index in [2.05, 4.69) is 140 Å². The molecule has 8 bridgehead atoms. The lowest BCUT2D eigenvalue weighted by Crippen LogP contribution is -1.94. The molecule has 0 aliphatic heterocycles. The molecule has 4 nitrogen and oxygen atoms in total. The molecule has 0 aliphatic rings. The minimum atomic E-state index is 0.604. The van der Waals surface area contributed by atoms with Crippen LogP contribution in [0.4, 0.5) is 0 Å². The van der Waals surface area contributed by atoms with Gasteiger partial charge in [0.1, 0.15) is 11.2 Å². The molecule has 50 heavy (non-hydrogen) atoms. The summed E-state index contributed by atoms with van der Waals surface area (Å²) < 4.78 is 6.45. The highest BCUT2D eigenvalue weighted by atomic mass is 16.3. The molecule has 0 fully saturated rings. The Hall–Kier alpha value is -6.65. The van der Waals surface area contributed by atoms with E-state index in [4.69, 9.17) is 19.4 Å². The molecule has 7 aromatic carbocycles. The van der Waals surface area contributed by atoms with Crippen LogP contribution in [-0.4, -0.2) is 15.0 Å². The van der Waals surface area contributed by atoms with Crippen molar-refractivity contribution in [1.82, 2.24) is 15.0 Å². The van der Waals surface area contributed by atoms with Crippen LogP contribution < -0.4 is 0 Å². The van der Waals surface area contributed by atoms with E-state index in [9.17, 15) is 0 Å². The van der Waals surface area contributed by atoms with E-state index in [0.29, 0.717) is 17.1 Å². The van der Waals surface area contributed by atoms with Crippen molar-refractivity contribution in [3.05, 3.63) is 158 Å². The van der Waals surface area contributed by atoms with Gasteiger partial charge in [-0.1, -0.05) is 115 Å². The number of nitrogens with zero attached hydrogens (tertiary/aromatic N) is 3. The quantitative estimate of drug-likeness (QED) is 0.193. The highest BCUT2D eigenvalue weighted by molar-refractivity contribution is 6.18. The van der Waals surface area contributed by atoms with Crippen LogP contribution in [-0.2, 0) is 0 Å². The van der Waals surface area contributed by atoms with Crippen molar-refractivity contribution in [3.8, 4) is 22.5 Å². The minimum absolute atomic E-state index is 0.604. The second kappa shape index (κ2) is 10.9. The Morgan fingerprint density at radius 2 is 1.16 bits per heavy atom. The van der Waals surface area contributed by atoms with Crippen LogP contribution in [0, 0.1) is 0 Å². The summed E-state index contributed by atoms with van der Waals surface area (Å²) in [7, 11) is 0. The molecule has 0 N–H and O–H groups in total. The first-order valence-corrected chi connectivity index (χ1v) is 16.8. The molecule has 0 aliphatic carbocycles. The van der Waals surface area contributed by atoms with Crippen LogP contribution in [0.2, 0.25) is 0 Å². The van der Waals surface area contributed by atoms with Crippen LogP contribution >= 0.6 is 0 Å². The fourth-order valence-corrected chi connectivity index (χ4v) is 7.28. The minimum Gasteiger partial charge on any atom is -0.456 e. The highest BCUT2D eigenvalue weighted by Crippen LogP contribution is 2.37. The second-order valence-corrected chi connectivity index (χ2v) is 13.1. The number of aromatic nitrogens is 3. The van der Waals surface area contributed by atoms with E-state index < -0.39 is 0 Å². The number of benzene rings is 7. The summed E-state index contributed by atoms with van der Waals surface area (Å²) in [6.45, 7) is 6.12. The maximum absolute atomic E-state index is 6.45. The van der Waals surface area contributed by atoms with E-state index in [1.54, 1.807) is 0 Å². The molecule has 234 valence electrons. The first-order valence-electron chi connectivity index (χ1n) is 16.8. The molecule has 4 heteroatoms. The van der Waals surface area contributed by atoms with Gasteiger partial charge >= 0.3 is 0 Å². The summed E-state index contributed by atoms with van der Waals surface area (Å²) in [6.07, 6.45) is 0. The lowest BCUT2D eigenvalue weighted by atomic mass is 9.95. The molecule has 0 saturated carbocycles. The Bertz CT molecular complexity index is 3060. The maximum Gasteiger partial charge on any atom is 0.164 e. The highest BCUT2D eigenvalue weighted by Gasteiger charge is 2.14. The summed E-state index contributed by atoms with van der Waals surface area (Å²) in [5, 5.41) is 10.7. The van der Waals surface area contributed by atoms with Crippen LogP contribution in [0.5, 0.6) is 0 Å². The third kappa shape index (κ3) is 4.57. The van der Waals surface area contributed by atoms with E-state index in [1.807, 2.05) is 19.1 Å². The first kappa shape index (κ1) is 28.4. The smallest absolute Gasteiger partial charge is 0.164 e. The summed E-state index contributed by atoms with van der Waals surface area (Å²) in [4.78, 5) is 15.3. The maximum atomic E-state index is 6.45. The summed E-state index contributed by atoms with van der Waals surface area (Å²) >= 11 is 0. The van der Waals surface area contributed by atoms with Gasteiger partial charge in [0.05, 0.1) is 0 Å². The van der Waals surface area contributed by atoms with Crippen LogP contribution in [0.15, 0.2) is 157 Å². The zero-order valence-corrected chi connectivity index (χ0v) is 27.3. The van der Waals surface area contributed by atoms with Crippen molar-refractivity contribution in [1.29, 1.82) is 0 Å². The fraction of sp³-hybridized carbons (Fsp3) is 0.0217. The molecule has 3 aromatic heterocycles. The van der Waals surface area contributed by atoms with Crippen molar-refractivity contribution in [2.75, 3.05) is 0 Å². The van der Waals surface area contributed by atoms with Gasteiger partial charge in [0, 0.05) is 27.1 Å². The van der Waals surface area contributed by atoms with Gasteiger partial charge in [-0.05, 0) is 98.4 Å². The average molecular weight is 640 g/mol. The fourth-order valence-electron chi connectivity index (χ4n) is 7.28. The lowest BCUT2D eigenvalue weighted by Gasteiger charge is -2.09. The van der Waals surface area contributed by atoms with Gasteiger partial charge in [-0.3, -0.25) is 0 Å². The van der Waals surface area contributed by atoms with Crippen molar-refractivity contribution < 1.29 is 4.42 Å². The predicted molar refractivity (Wildman–Crippen MR) is 209 cm³/mol. The van der Waals surface area contributed by atoms with E-state index in [1.165, 1.54) is 16.3 Å². The Balaban J connectivity index is 1.38. The number of furan rings is 1. The molecule has 0 saturated heterocycles. The van der Waals surface area contributed by atoms with E-state index in [0.717, 1.165) is 76.5 Å². The normalized spacial score (nSPS) is 11.8. The Morgan fingerprint density at radius 1 is 0.480 bits per heavy atom. The number of hydrogen-bond acceptors (Lipinski definition) is 4. The monoisotopic (exact) mass is 639 g/mol. The van der Waals surface area contributed by atoms with Crippen LogP contribution in [0.3, 0.4) is 0 Å². The van der Waals surface area contributed by atoms with E-state index >= 15 is 0 Å². The molecule has 0 amide bonds. The molecular weight excluding hydrogens is 611 g/mol. The summed E-state index contributed by atoms with van der Waals surface area (Å²) in [6, 6.07) is 51.4. The zero-order valence-electron chi connectivity index (χ0n) is 27.3. The molecule has 0 atom stereocenters. The van der Waals surface area contributed by atoms with Gasteiger partial charge in [0.2, 0.25) is 0 Å². The predicted octanol–water partition coefficient (Wildman–Crippen LogP) is 12.5. The molecule has 0 spiro atoms. The third-order valence-electron chi connectivity index (χ3n) is 9.83. The summed E-state index contributed by atoms with van der Waals surface area (Å²) in [5.41, 5.74) is 8.20. The zero-order chi connectivity index (χ0) is 33.3. The molecule has 0 unspecified atom stereocenters. The molecule has 10 aromatic rings. The van der Waals surface area contributed by atoms with Gasteiger partial charge in [0.25, 0.3) is 0 Å². The molecule has 3 heterocycles. The Kier molecular flexibility index (Phi) is 6.21. The Morgan fingerprint density at radius 3 is 2.02 bits per heavy atom. The molecule has 0 radical (unpaired) electrons. The topological polar surface area (TPSA) is 51.8 Å². The second-order valence-electron chi connectivity index (χ2n) is 13.1. The van der Waals surface area contributed by atoms with E-state index in [-0.39, 0.29) is 0 Å². The summed E-state index contributed by atoms with van der Waals surface area (Å²) in [5.74, 6) is 0.612. The van der Waals surface area contributed by atoms with Gasteiger partial charge < -0.3 is 4.42 Å². The van der Waals surface area contributed by atoms with Gasteiger partial charge in [-0.15, -0.1) is 0 Å². The van der Waals surface area contributed by atoms with Crippen LogP contribution in [0.25, 0.3) is 104 Å².